The molecule has 0 spiro atoms. The standard InChI is InChI=1S/C70H130N2O23/c1-4-6-8-10-12-14-16-18-19-20-21-22-23-24-25-26-27-29-31-33-35-37-39-41-54(78)72-48(49(77)40-38-36-34-32-30-28-17-15-13-11-9-7-5-2)45-88-68-63(86)61(84)65(52(44-75)92-68)94-70-64(87)66(95-69-62(85)60(83)57(80)51(43-74)91-69)58(81)53(93-70)46-89-67-55(71-47(3)76)59(82)56(79)50(42-73)90-67/h38,40,48-53,55-70,73-75,77,79-87H,4-37,39,41-46H2,1-3H3,(H,71,76)(H,72,78)/b40-38+/t48-,49+,50?,51?,52?,53?,55?,56+,57-,58-,59+,60-,61+,62?,63?,64?,65+,66-,67+,68+,69+,70-/m0/s1. The van der Waals surface area contributed by atoms with Crippen LogP contribution in [0.15, 0.2) is 12.2 Å². The maximum Gasteiger partial charge on any atom is 0.220 e. The Morgan fingerprint density at radius 2 is 0.821 bits per heavy atom. The first kappa shape index (κ1) is 85.3. The van der Waals surface area contributed by atoms with Crippen molar-refractivity contribution in [2.75, 3.05) is 33.0 Å². The van der Waals surface area contributed by atoms with Gasteiger partial charge < -0.3 is 115 Å². The van der Waals surface area contributed by atoms with Crippen molar-refractivity contribution in [2.24, 2.45) is 0 Å². The molecule has 0 aliphatic carbocycles. The molecule has 0 radical (unpaired) electrons. The van der Waals surface area contributed by atoms with Crippen LogP contribution >= 0.6 is 0 Å². The lowest BCUT2D eigenvalue weighted by molar-refractivity contribution is -0.383. The van der Waals surface area contributed by atoms with Gasteiger partial charge in [-0.3, -0.25) is 9.59 Å². The number of aliphatic hydroxyl groups is 13. The van der Waals surface area contributed by atoms with E-state index < -0.39 is 174 Å². The predicted molar refractivity (Wildman–Crippen MR) is 354 cm³/mol. The first-order chi connectivity index (χ1) is 45.9. The maximum atomic E-state index is 13.5. The summed E-state index contributed by atoms with van der Waals surface area (Å²) in [6.45, 7) is 1.86. The van der Waals surface area contributed by atoms with Crippen molar-refractivity contribution in [1.82, 2.24) is 10.6 Å². The molecule has 2 amide bonds. The van der Waals surface area contributed by atoms with Gasteiger partial charge in [0.1, 0.15) is 97.6 Å². The molecular weight excluding hydrogens is 1240 g/mol. The first-order valence-corrected chi connectivity index (χ1v) is 36.9. The minimum absolute atomic E-state index is 0.203. The molecule has 0 saturated carbocycles. The molecule has 25 heteroatoms. The van der Waals surface area contributed by atoms with Gasteiger partial charge in [-0.2, -0.15) is 0 Å². The highest BCUT2D eigenvalue weighted by molar-refractivity contribution is 5.76. The van der Waals surface area contributed by atoms with Crippen molar-refractivity contribution in [3.05, 3.63) is 12.2 Å². The fourth-order valence-corrected chi connectivity index (χ4v) is 13.0. The number of unbranched alkanes of at least 4 members (excludes halogenated alkanes) is 33. The number of amides is 2. The van der Waals surface area contributed by atoms with Gasteiger partial charge >= 0.3 is 0 Å². The Kier molecular flexibility index (Phi) is 45.1. The SMILES string of the molecule is CCCCCCCCCCCCC/C=C/[C@@H](O)[C@H](CO[C@@H]1OC(CO)[C@@H](O[C@@H]2OC(CO[C@@H]3OC(CO)[C@@H](O)[C@H](O)C3NC(C)=O)[C@H](O)[C@H](O[C@H]3OC(CO)[C@H](O)[C@H](O)C3O)C2O)[C@H](O)C1O)NC(=O)CCCCCCCCCCCCCCCCCCCCCCCCC. The van der Waals surface area contributed by atoms with E-state index in [9.17, 15) is 76.0 Å². The Labute approximate surface area is 566 Å². The summed E-state index contributed by atoms with van der Waals surface area (Å²) in [4.78, 5) is 25.7. The lowest BCUT2D eigenvalue weighted by Gasteiger charge is -2.48. The molecule has 15 N–H and O–H groups in total. The molecule has 0 aromatic rings. The number of hydrogen-bond donors (Lipinski definition) is 15. The average Bonchev–Trinajstić information content (AvgIpc) is 0.786. The zero-order valence-electron chi connectivity index (χ0n) is 57.7. The third kappa shape index (κ3) is 31.3. The van der Waals surface area contributed by atoms with Crippen LogP contribution in [0.25, 0.3) is 0 Å². The maximum absolute atomic E-state index is 13.5. The van der Waals surface area contributed by atoms with E-state index in [4.69, 9.17) is 37.9 Å². The molecule has 4 rings (SSSR count). The summed E-state index contributed by atoms with van der Waals surface area (Å²) in [7, 11) is 0. The van der Waals surface area contributed by atoms with E-state index >= 15 is 0 Å². The molecule has 4 saturated heterocycles. The fourth-order valence-electron chi connectivity index (χ4n) is 13.0. The van der Waals surface area contributed by atoms with E-state index in [-0.39, 0.29) is 12.3 Å². The van der Waals surface area contributed by atoms with E-state index in [1.807, 2.05) is 6.08 Å². The number of carbonyl (C=O) groups excluding carboxylic acids is 2. The van der Waals surface area contributed by atoms with Gasteiger partial charge in [-0.25, -0.2) is 0 Å². The van der Waals surface area contributed by atoms with Crippen molar-refractivity contribution < 1.29 is 114 Å². The van der Waals surface area contributed by atoms with Crippen LogP contribution in [-0.4, -0.2) is 246 Å². The van der Waals surface area contributed by atoms with Crippen LogP contribution in [0.1, 0.15) is 252 Å². The molecule has 95 heavy (non-hydrogen) atoms. The zero-order valence-corrected chi connectivity index (χ0v) is 57.7. The number of rotatable bonds is 53. The highest BCUT2D eigenvalue weighted by Gasteiger charge is 2.55. The topological polar surface area (TPSA) is 395 Å². The van der Waals surface area contributed by atoms with Crippen LogP contribution in [0.2, 0.25) is 0 Å². The van der Waals surface area contributed by atoms with Crippen LogP contribution in [0.4, 0.5) is 0 Å². The fraction of sp³-hybridized carbons (Fsp3) is 0.943. The summed E-state index contributed by atoms with van der Waals surface area (Å²) in [6, 6.07) is -2.49. The smallest absolute Gasteiger partial charge is 0.220 e. The lowest BCUT2D eigenvalue weighted by atomic mass is 9.95. The molecule has 8 unspecified atom stereocenters. The van der Waals surface area contributed by atoms with E-state index in [1.54, 1.807) is 6.08 Å². The van der Waals surface area contributed by atoms with Gasteiger partial charge in [0.25, 0.3) is 0 Å². The van der Waals surface area contributed by atoms with E-state index in [2.05, 4.69) is 24.5 Å². The van der Waals surface area contributed by atoms with Crippen molar-refractivity contribution in [1.29, 1.82) is 0 Å². The molecule has 22 atom stereocenters. The van der Waals surface area contributed by atoms with Gasteiger partial charge in [-0.1, -0.05) is 231 Å². The second kappa shape index (κ2) is 50.2. The molecule has 4 aliphatic rings. The van der Waals surface area contributed by atoms with E-state index in [0.717, 1.165) is 51.9 Å². The molecule has 0 aromatic carbocycles. The minimum Gasteiger partial charge on any atom is -0.394 e. The van der Waals surface area contributed by atoms with Gasteiger partial charge in [0.05, 0.1) is 45.2 Å². The molecule has 4 heterocycles. The monoisotopic (exact) mass is 1370 g/mol. The first-order valence-electron chi connectivity index (χ1n) is 36.9. The largest absolute Gasteiger partial charge is 0.394 e. The normalized spacial score (nSPS) is 32.0. The molecule has 0 bridgehead atoms. The molecule has 4 aliphatic heterocycles. The number of carbonyl (C=O) groups is 2. The molecular formula is C70H130N2O23. The minimum atomic E-state index is -2.13. The summed E-state index contributed by atoms with van der Waals surface area (Å²) in [6.07, 6.45) is 10.7. The highest BCUT2D eigenvalue weighted by Crippen LogP contribution is 2.34. The Bertz CT molecular complexity index is 1970. The Morgan fingerprint density at radius 3 is 1.29 bits per heavy atom. The Morgan fingerprint density at radius 1 is 0.421 bits per heavy atom. The second-order valence-corrected chi connectivity index (χ2v) is 27.2. The molecule has 558 valence electrons. The Balaban J connectivity index is 1.34. The van der Waals surface area contributed by atoms with Gasteiger partial charge in [-0.15, -0.1) is 0 Å². The van der Waals surface area contributed by atoms with Crippen LogP contribution < -0.4 is 10.6 Å². The summed E-state index contributed by atoms with van der Waals surface area (Å²) in [5.74, 6) is -0.987. The molecule has 0 aromatic heterocycles. The number of nitrogens with one attached hydrogen (secondary N) is 2. The summed E-state index contributed by atoms with van der Waals surface area (Å²) >= 11 is 0. The molecule has 25 nitrogen and oxygen atoms in total. The van der Waals surface area contributed by atoms with Crippen molar-refractivity contribution in [3.8, 4) is 0 Å². The summed E-state index contributed by atoms with van der Waals surface area (Å²) in [5, 5.41) is 147. The van der Waals surface area contributed by atoms with Crippen molar-refractivity contribution in [2.45, 2.75) is 387 Å². The summed E-state index contributed by atoms with van der Waals surface area (Å²) < 4.78 is 46.9. The number of aliphatic hydroxyl groups excluding tert-OH is 13. The highest BCUT2D eigenvalue weighted by atomic mass is 16.8. The third-order valence-electron chi connectivity index (χ3n) is 19.1. The van der Waals surface area contributed by atoms with Gasteiger partial charge in [0.15, 0.2) is 25.2 Å². The van der Waals surface area contributed by atoms with Gasteiger partial charge in [-0.05, 0) is 19.3 Å². The number of ether oxygens (including phenoxy) is 8. The van der Waals surface area contributed by atoms with Crippen LogP contribution in [-0.2, 0) is 47.5 Å². The second-order valence-electron chi connectivity index (χ2n) is 27.2. The van der Waals surface area contributed by atoms with E-state index in [1.165, 1.54) is 167 Å². The van der Waals surface area contributed by atoms with E-state index in [0.29, 0.717) is 12.8 Å². The van der Waals surface area contributed by atoms with Gasteiger partial charge in [0, 0.05) is 13.3 Å². The zero-order chi connectivity index (χ0) is 69.3. The lowest BCUT2D eigenvalue weighted by Crippen LogP contribution is -2.67. The predicted octanol–water partition coefficient (Wildman–Crippen LogP) is 4.90. The third-order valence-corrected chi connectivity index (χ3v) is 19.1. The van der Waals surface area contributed by atoms with Crippen molar-refractivity contribution in [3.63, 3.8) is 0 Å². The molecule has 4 fully saturated rings. The van der Waals surface area contributed by atoms with Crippen LogP contribution in [0, 0.1) is 0 Å². The average molecular weight is 1370 g/mol. The number of hydrogen-bond acceptors (Lipinski definition) is 23. The van der Waals surface area contributed by atoms with Crippen molar-refractivity contribution >= 4 is 11.8 Å². The van der Waals surface area contributed by atoms with Crippen LogP contribution in [0.5, 0.6) is 0 Å². The van der Waals surface area contributed by atoms with Gasteiger partial charge in [0.2, 0.25) is 11.8 Å². The Hall–Kier alpha value is -2.16. The summed E-state index contributed by atoms with van der Waals surface area (Å²) in [5.41, 5.74) is 0. The number of allylic oxidation sites excluding steroid dienone is 1. The quantitative estimate of drug-likeness (QED) is 0.0284. The van der Waals surface area contributed by atoms with Crippen LogP contribution in [0.3, 0.4) is 0 Å².